The molecule has 0 aromatic heterocycles. The largest absolute Gasteiger partial charge is 0.371 e. The zero-order chi connectivity index (χ0) is 9.10. The molecule has 1 saturated heterocycles. The van der Waals surface area contributed by atoms with Gasteiger partial charge in [-0.25, -0.2) is 5.32 Å². The first-order valence-corrected chi connectivity index (χ1v) is 5.16. The normalized spacial score (nSPS) is 23.0. The van der Waals surface area contributed by atoms with Crippen molar-refractivity contribution < 1.29 is 4.74 Å². The first kappa shape index (κ1) is 9.19. The first-order valence-electron chi connectivity index (χ1n) is 4.37. The van der Waals surface area contributed by atoms with Crippen molar-refractivity contribution in [3.63, 3.8) is 0 Å². The van der Waals surface area contributed by atoms with Gasteiger partial charge in [0.25, 0.3) is 0 Å². The molecule has 0 N–H and O–H groups in total. The van der Waals surface area contributed by atoms with E-state index in [0.717, 1.165) is 24.2 Å². The van der Waals surface area contributed by atoms with Gasteiger partial charge >= 0.3 is 0 Å². The average molecular weight is 241 g/mol. The second-order valence-corrected chi connectivity index (χ2v) is 3.87. The predicted octanol–water partition coefficient (Wildman–Crippen LogP) is 2.12. The van der Waals surface area contributed by atoms with E-state index in [9.17, 15) is 0 Å². The van der Waals surface area contributed by atoms with Crippen LogP contribution in [-0.2, 0) is 4.74 Å². The Morgan fingerprint density at radius 3 is 2.92 bits per heavy atom. The van der Waals surface area contributed by atoms with Crippen LogP contribution in [-0.4, -0.2) is 19.7 Å². The van der Waals surface area contributed by atoms with Gasteiger partial charge in [-0.05, 0) is 11.6 Å². The Morgan fingerprint density at radius 2 is 2.23 bits per heavy atom. The minimum atomic E-state index is 0.143. The number of morpholine rings is 1. The highest BCUT2D eigenvalue weighted by atomic mass is 79.9. The smallest absolute Gasteiger partial charge is 0.0977 e. The molecule has 1 radical (unpaired) electrons. The molecule has 2 rings (SSSR count). The van der Waals surface area contributed by atoms with Crippen LogP contribution < -0.4 is 5.32 Å². The number of rotatable bonds is 1. The van der Waals surface area contributed by atoms with Crippen molar-refractivity contribution in [3.05, 3.63) is 34.3 Å². The van der Waals surface area contributed by atoms with Gasteiger partial charge in [-0.15, -0.1) is 0 Å². The maximum atomic E-state index is 5.62. The maximum Gasteiger partial charge on any atom is 0.0977 e. The van der Waals surface area contributed by atoms with Crippen LogP contribution in [0.1, 0.15) is 11.7 Å². The van der Waals surface area contributed by atoms with Gasteiger partial charge in [0.15, 0.2) is 0 Å². The highest BCUT2D eigenvalue weighted by molar-refractivity contribution is 9.10. The molecule has 1 heterocycles. The van der Waals surface area contributed by atoms with Gasteiger partial charge in [0.05, 0.1) is 12.7 Å². The topological polar surface area (TPSA) is 23.3 Å². The van der Waals surface area contributed by atoms with Gasteiger partial charge in [0.1, 0.15) is 0 Å². The number of ether oxygens (including phenoxy) is 1. The average Bonchev–Trinajstić information content (AvgIpc) is 2.20. The molecule has 13 heavy (non-hydrogen) atoms. The van der Waals surface area contributed by atoms with E-state index in [1.165, 1.54) is 5.56 Å². The lowest BCUT2D eigenvalue weighted by Gasteiger charge is -2.23. The highest BCUT2D eigenvalue weighted by Gasteiger charge is 2.17. The van der Waals surface area contributed by atoms with E-state index < -0.39 is 0 Å². The zero-order valence-corrected chi connectivity index (χ0v) is 8.83. The van der Waals surface area contributed by atoms with E-state index >= 15 is 0 Å². The molecule has 1 fully saturated rings. The molecule has 1 aromatic carbocycles. The Kier molecular flexibility index (Phi) is 2.98. The molecular formula is C10H11BrNO. The molecule has 1 atom stereocenters. The summed E-state index contributed by atoms with van der Waals surface area (Å²) in [5.74, 6) is 0. The van der Waals surface area contributed by atoms with Crippen LogP contribution in [0.4, 0.5) is 0 Å². The summed E-state index contributed by atoms with van der Waals surface area (Å²) < 4.78 is 6.73. The van der Waals surface area contributed by atoms with Crippen molar-refractivity contribution in [2.24, 2.45) is 0 Å². The van der Waals surface area contributed by atoms with E-state index in [4.69, 9.17) is 4.74 Å². The Bertz CT molecular complexity index is 284. The third-order valence-corrected chi connectivity index (χ3v) is 2.84. The number of hydrogen-bond acceptors (Lipinski definition) is 1. The quantitative estimate of drug-likeness (QED) is 0.738. The Morgan fingerprint density at radius 1 is 1.38 bits per heavy atom. The van der Waals surface area contributed by atoms with Gasteiger partial charge in [-0.2, -0.15) is 0 Å². The summed E-state index contributed by atoms with van der Waals surface area (Å²) in [6, 6.07) is 8.15. The summed E-state index contributed by atoms with van der Waals surface area (Å²) >= 11 is 3.51. The van der Waals surface area contributed by atoms with Gasteiger partial charge < -0.3 is 4.74 Å². The van der Waals surface area contributed by atoms with Crippen LogP contribution in [0.2, 0.25) is 0 Å². The van der Waals surface area contributed by atoms with Crippen molar-refractivity contribution in [3.8, 4) is 0 Å². The molecule has 69 valence electrons. The van der Waals surface area contributed by atoms with Crippen molar-refractivity contribution >= 4 is 15.9 Å². The van der Waals surface area contributed by atoms with E-state index in [1.54, 1.807) is 0 Å². The Labute approximate surface area is 86.4 Å². The monoisotopic (exact) mass is 240 g/mol. The molecule has 1 aromatic rings. The molecule has 1 aliphatic rings. The number of benzene rings is 1. The van der Waals surface area contributed by atoms with E-state index in [2.05, 4.69) is 27.3 Å². The third-order valence-electron chi connectivity index (χ3n) is 2.12. The van der Waals surface area contributed by atoms with Crippen LogP contribution >= 0.6 is 15.9 Å². The van der Waals surface area contributed by atoms with Crippen LogP contribution in [0, 0.1) is 0 Å². The maximum absolute atomic E-state index is 5.62. The number of halogens is 1. The molecule has 1 unspecified atom stereocenters. The van der Waals surface area contributed by atoms with Gasteiger partial charge in [0, 0.05) is 17.6 Å². The minimum Gasteiger partial charge on any atom is -0.371 e. The second kappa shape index (κ2) is 4.22. The summed E-state index contributed by atoms with van der Waals surface area (Å²) in [4.78, 5) is 0. The molecule has 0 saturated carbocycles. The minimum absolute atomic E-state index is 0.143. The van der Waals surface area contributed by atoms with Crippen LogP contribution in [0.3, 0.4) is 0 Å². The predicted molar refractivity (Wildman–Crippen MR) is 54.7 cm³/mol. The molecular weight excluding hydrogens is 230 g/mol. The fourth-order valence-electron chi connectivity index (χ4n) is 1.45. The van der Waals surface area contributed by atoms with E-state index in [-0.39, 0.29) is 6.10 Å². The highest BCUT2D eigenvalue weighted by Crippen LogP contribution is 2.26. The molecule has 0 amide bonds. The lowest BCUT2D eigenvalue weighted by molar-refractivity contribution is 0.0256. The molecule has 3 heteroatoms. The summed E-state index contributed by atoms with van der Waals surface area (Å²) in [7, 11) is 0. The van der Waals surface area contributed by atoms with Crippen LogP contribution in [0.25, 0.3) is 0 Å². The summed E-state index contributed by atoms with van der Waals surface area (Å²) in [5.41, 5.74) is 1.20. The van der Waals surface area contributed by atoms with Crippen molar-refractivity contribution in [2.45, 2.75) is 6.10 Å². The van der Waals surface area contributed by atoms with Crippen molar-refractivity contribution in [1.82, 2.24) is 5.32 Å². The Hall–Kier alpha value is -0.380. The van der Waals surface area contributed by atoms with Crippen LogP contribution in [0.15, 0.2) is 28.7 Å². The lowest BCUT2D eigenvalue weighted by Crippen LogP contribution is -2.28. The molecule has 1 aliphatic heterocycles. The SMILES string of the molecule is Brc1ccccc1C1C[N]CCO1. The fraction of sp³-hybridized carbons (Fsp3) is 0.400. The molecule has 2 nitrogen and oxygen atoms in total. The van der Waals surface area contributed by atoms with Gasteiger partial charge in [0.2, 0.25) is 0 Å². The van der Waals surface area contributed by atoms with Crippen molar-refractivity contribution in [1.29, 1.82) is 0 Å². The number of nitrogens with zero attached hydrogens (tertiary/aromatic N) is 1. The van der Waals surface area contributed by atoms with E-state index in [1.807, 2.05) is 18.2 Å². The van der Waals surface area contributed by atoms with Crippen molar-refractivity contribution in [2.75, 3.05) is 19.7 Å². The molecule has 0 aliphatic carbocycles. The molecule has 0 spiro atoms. The fourth-order valence-corrected chi connectivity index (χ4v) is 1.99. The van der Waals surface area contributed by atoms with Gasteiger partial charge in [-0.3, -0.25) is 0 Å². The zero-order valence-electron chi connectivity index (χ0n) is 7.24. The molecule has 0 bridgehead atoms. The lowest BCUT2D eigenvalue weighted by atomic mass is 10.1. The third kappa shape index (κ3) is 2.10. The van der Waals surface area contributed by atoms with Gasteiger partial charge in [-0.1, -0.05) is 34.1 Å². The van der Waals surface area contributed by atoms with Crippen LogP contribution in [0.5, 0.6) is 0 Å². The van der Waals surface area contributed by atoms with E-state index in [0.29, 0.717) is 0 Å². The summed E-state index contributed by atoms with van der Waals surface area (Å²) in [6.45, 7) is 2.36. The second-order valence-electron chi connectivity index (χ2n) is 3.01. The first-order chi connectivity index (χ1) is 6.38. The standard InChI is InChI=1S/C10H11BrNO/c11-9-4-2-1-3-8(9)10-7-12-5-6-13-10/h1-4,10H,5-7H2. The summed E-state index contributed by atoms with van der Waals surface area (Å²) in [6.07, 6.45) is 0.143. The number of hydrogen-bond donors (Lipinski definition) is 0. The Balaban J connectivity index is 2.18. The summed E-state index contributed by atoms with van der Waals surface area (Å²) in [5, 5.41) is 4.33.